The first-order valence-electron chi connectivity index (χ1n) is 9.98. The molecule has 1 aromatic carbocycles. The number of carbonyl (C=O) groups is 1. The smallest absolute Gasteiger partial charge is 0.460 e. The summed E-state index contributed by atoms with van der Waals surface area (Å²) in [5, 5.41) is 31.3. The highest BCUT2D eigenvalue weighted by atomic mass is 32.1. The maximum Gasteiger partial charge on any atom is 0.460 e. The second kappa shape index (κ2) is 9.31. The van der Waals surface area contributed by atoms with Gasteiger partial charge in [-0.15, -0.1) is 11.3 Å². The lowest BCUT2D eigenvalue weighted by molar-refractivity contribution is -0.672. The quantitative estimate of drug-likeness (QED) is 0.305. The summed E-state index contributed by atoms with van der Waals surface area (Å²) in [6.45, 7) is -0.879. The number of esters is 1. The van der Waals surface area contributed by atoms with Crippen molar-refractivity contribution in [3.63, 3.8) is 0 Å². The Morgan fingerprint density at radius 2 is 2.15 bits per heavy atom. The van der Waals surface area contributed by atoms with E-state index >= 15 is 0 Å². The van der Waals surface area contributed by atoms with Crippen LogP contribution in [-0.2, 0) is 9.53 Å². The van der Waals surface area contributed by atoms with Crippen LogP contribution in [0.4, 0.5) is 19.1 Å². The summed E-state index contributed by atoms with van der Waals surface area (Å²) in [7, 11) is 0. The summed E-state index contributed by atoms with van der Waals surface area (Å²) in [4.78, 5) is 18.4. The van der Waals surface area contributed by atoms with E-state index in [1.165, 1.54) is 22.3 Å². The third-order valence-electron chi connectivity index (χ3n) is 5.04. The molecule has 2 aromatic heterocycles. The van der Waals surface area contributed by atoms with Crippen LogP contribution in [0.25, 0.3) is 21.5 Å². The van der Waals surface area contributed by atoms with Gasteiger partial charge in [-0.1, -0.05) is 0 Å². The molecule has 3 aromatic rings. The number of rotatable bonds is 7. The van der Waals surface area contributed by atoms with E-state index in [-0.39, 0.29) is 43.0 Å². The zero-order valence-corrected chi connectivity index (χ0v) is 17.9. The molecule has 0 bridgehead atoms. The fraction of sp³-hybridized carbons (Fsp3) is 0.421. The highest BCUT2D eigenvalue weighted by molar-refractivity contribution is 7.13. The van der Waals surface area contributed by atoms with Gasteiger partial charge in [-0.2, -0.15) is 13.2 Å². The van der Waals surface area contributed by atoms with Crippen molar-refractivity contribution in [2.45, 2.75) is 25.1 Å². The Labute approximate surface area is 189 Å². The van der Waals surface area contributed by atoms with Crippen LogP contribution in [0.15, 0.2) is 29.9 Å². The first-order valence-corrected chi connectivity index (χ1v) is 10.9. The van der Waals surface area contributed by atoms with Crippen LogP contribution >= 0.6 is 11.3 Å². The molecule has 0 saturated carbocycles. The van der Waals surface area contributed by atoms with Crippen LogP contribution in [0.3, 0.4) is 0 Å². The molecule has 10 nitrogen and oxygen atoms in total. The molecule has 4 rings (SSSR count). The van der Waals surface area contributed by atoms with E-state index in [1.54, 1.807) is 23.8 Å². The van der Waals surface area contributed by atoms with Crippen LogP contribution < -0.4 is 14.9 Å². The summed E-state index contributed by atoms with van der Waals surface area (Å²) in [6, 6.07) is 4.73. The minimum Gasteiger partial charge on any atom is -0.739 e. The molecule has 1 aliphatic heterocycles. The molecule has 0 aliphatic carbocycles. The molecule has 0 amide bonds. The van der Waals surface area contributed by atoms with E-state index in [2.05, 4.69) is 15.4 Å². The van der Waals surface area contributed by atoms with Gasteiger partial charge in [-0.05, 0) is 24.1 Å². The molecule has 1 atom stereocenters. The number of ether oxygens (including phenoxy) is 1. The molecule has 0 spiro atoms. The molecule has 1 N–H and O–H groups in total. The minimum atomic E-state index is -4.30. The van der Waals surface area contributed by atoms with Crippen molar-refractivity contribution in [3.8, 4) is 10.4 Å². The Hall–Kier alpha value is -3.26. The average molecular weight is 484 g/mol. The van der Waals surface area contributed by atoms with E-state index < -0.39 is 24.8 Å². The summed E-state index contributed by atoms with van der Waals surface area (Å²) in [6.07, 6.45) is -3.11. The van der Waals surface area contributed by atoms with Crippen molar-refractivity contribution in [1.29, 1.82) is 0 Å². The maximum absolute atomic E-state index is 12.7. The van der Waals surface area contributed by atoms with Crippen LogP contribution in [0.1, 0.15) is 12.8 Å². The lowest BCUT2D eigenvalue weighted by Crippen LogP contribution is -2.44. The molecule has 1 unspecified atom stereocenters. The number of alkyl halides is 3. The number of anilines is 1. The van der Waals surface area contributed by atoms with Gasteiger partial charge < -0.3 is 15.2 Å². The molecule has 33 heavy (non-hydrogen) atoms. The highest BCUT2D eigenvalue weighted by Gasteiger charge is 2.35. The average Bonchev–Trinajstić information content (AvgIpc) is 3.42. The molecule has 0 radical (unpaired) electrons. The number of fused-ring (bicyclic) bond motifs is 1. The van der Waals surface area contributed by atoms with Gasteiger partial charge in [0.15, 0.2) is 5.52 Å². The Morgan fingerprint density at radius 3 is 2.88 bits per heavy atom. The van der Waals surface area contributed by atoms with Gasteiger partial charge in [0.1, 0.15) is 6.10 Å². The summed E-state index contributed by atoms with van der Waals surface area (Å²) < 4.78 is 43.1. The Balaban J connectivity index is 1.35. The third kappa shape index (κ3) is 5.57. The fourth-order valence-electron chi connectivity index (χ4n) is 3.57. The largest absolute Gasteiger partial charge is 0.739 e. The molecule has 1 aliphatic rings. The summed E-state index contributed by atoms with van der Waals surface area (Å²) in [5.74, 6) is -0.911. The first-order chi connectivity index (χ1) is 15.7. The second-order valence-electron chi connectivity index (χ2n) is 7.49. The highest BCUT2D eigenvalue weighted by Crippen LogP contribution is 2.25. The van der Waals surface area contributed by atoms with Crippen molar-refractivity contribution in [2.75, 3.05) is 31.5 Å². The number of nitrogens with zero attached hydrogens (tertiary/aromatic N) is 5. The monoisotopic (exact) mass is 484 g/mol. The van der Waals surface area contributed by atoms with Crippen molar-refractivity contribution < 1.29 is 32.3 Å². The number of nitrogens with one attached hydrogen (secondary N) is 1. The number of benzene rings is 1. The normalized spacial score (nSPS) is 16.9. The van der Waals surface area contributed by atoms with Gasteiger partial charge in [-0.3, -0.25) is 20.0 Å². The zero-order chi connectivity index (χ0) is 23.6. The number of hydrogen-bond donors (Lipinski definition) is 1. The van der Waals surface area contributed by atoms with Gasteiger partial charge >= 0.3 is 18.1 Å². The van der Waals surface area contributed by atoms with Gasteiger partial charge in [0.25, 0.3) is 5.52 Å². The zero-order valence-electron chi connectivity index (χ0n) is 17.1. The molecule has 1 fully saturated rings. The van der Waals surface area contributed by atoms with E-state index in [0.29, 0.717) is 21.6 Å². The molecular weight excluding hydrogens is 465 g/mol. The third-order valence-corrected chi connectivity index (χ3v) is 5.86. The number of thiazole rings is 1. The minimum absolute atomic E-state index is 0.0176. The van der Waals surface area contributed by atoms with Crippen LogP contribution in [0.5, 0.6) is 0 Å². The van der Waals surface area contributed by atoms with Gasteiger partial charge in [0.05, 0.1) is 29.9 Å². The predicted octanol–water partition coefficient (Wildman–Crippen LogP) is 1.61. The lowest BCUT2D eigenvalue weighted by atomic mass is 10.2. The Kier molecular flexibility index (Phi) is 6.47. The Morgan fingerprint density at radius 1 is 1.33 bits per heavy atom. The van der Waals surface area contributed by atoms with Crippen LogP contribution in [-0.4, -0.2) is 59.4 Å². The molecule has 1 saturated heterocycles. The predicted molar refractivity (Wildman–Crippen MR) is 111 cm³/mol. The lowest BCUT2D eigenvalue weighted by Gasteiger charge is -2.17. The number of halogens is 3. The van der Waals surface area contributed by atoms with E-state index in [9.17, 15) is 28.4 Å². The SMILES string of the molecule is O=C(CCNc1n[n+]([O-])c2ccc(-c3cncs3)cc2[n+]1[O-])OC1CCN(CC(F)(F)F)C1. The van der Waals surface area contributed by atoms with Crippen LogP contribution in [0.2, 0.25) is 0 Å². The van der Waals surface area contributed by atoms with Gasteiger partial charge in [-0.25, -0.2) is 4.73 Å². The first kappa shape index (κ1) is 22.9. The molecule has 3 heterocycles. The van der Waals surface area contributed by atoms with E-state index in [4.69, 9.17) is 4.74 Å². The van der Waals surface area contributed by atoms with Crippen molar-refractivity contribution in [2.24, 2.45) is 0 Å². The number of aromatic nitrogens is 4. The standard InChI is InChI=1S/C19H19F3N6O4S/c20-19(21,22)10-26-6-4-13(9-26)32-17(29)3-5-24-18-25-28(31)14-2-1-12(7-15(14)27(18)30)16-8-23-11-33-16/h1-2,7-8,11,13H,3-6,9-10H2,(H,24,25). The maximum atomic E-state index is 12.7. The van der Waals surface area contributed by atoms with E-state index in [0.717, 1.165) is 4.88 Å². The second-order valence-corrected chi connectivity index (χ2v) is 8.37. The molecule has 14 heteroatoms. The fourth-order valence-corrected chi connectivity index (χ4v) is 4.19. The Bertz CT molecular complexity index is 1140. The summed E-state index contributed by atoms with van der Waals surface area (Å²) >= 11 is 1.38. The van der Waals surface area contributed by atoms with Gasteiger partial charge in [0, 0.05) is 30.2 Å². The van der Waals surface area contributed by atoms with Crippen molar-refractivity contribution in [3.05, 3.63) is 40.3 Å². The van der Waals surface area contributed by atoms with Crippen molar-refractivity contribution >= 4 is 34.3 Å². The molecular formula is C19H19F3N6O4S. The summed E-state index contributed by atoms with van der Waals surface area (Å²) in [5.41, 5.74) is 2.53. The van der Waals surface area contributed by atoms with E-state index in [1.807, 2.05) is 0 Å². The molecule has 176 valence electrons. The van der Waals surface area contributed by atoms with Gasteiger partial charge in [0.2, 0.25) is 5.10 Å². The number of likely N-dealkylation sites (tertiary alicyclic amines) is 1. The topological polar surface area (TPSA) is 121 Å². The van der Waals surface area contributed by atoms with Crippen molar-refractivity contribution in [1.82, 2.24) is 15.0 Å². The van der Waals surface area contributed by atoms with Crippen LogP contribution in [0, 0.1) is 10.4 Å². The number of hydrogen-bond acceptors (Lipinski definition) is 9. The number of carbonyl (C=O) groups excluding carboxylic acids is 1.